The van der Waals surface area contributed by atoms with Crippen molar-refractivity contribution in [1.29, 1.82) is 0 Å². The third-order valence-corrected chi connectivity index (χ3v) is 6.43. The Hall–Kier alpha value is -3.27. The Kier molecular flexibility index (Phi) is 9.98. The molecule has 0 saturated carbocycles. The van der Waals surface area contributed by atoms with Crippen molar-refractivity contribution < 1.29 is 17.6 Å². The number of halogens is 4. The molecular formula is C26H27F4N5S. The van der Waals surface area contributed by atoms with Gasteiger partial charge in [0, 0.05) is 23.7 Å². The largest absolute Gasteiger partial charge is 0.372 e. The molecule has 10 heteroatoms. The van der Waals surface area contributed by atoms with Crippen LogP contribution in [0.1, 0.15) is 33.6 Å². The summed E-state index contributed by atoms with van der Waals surface area (Å²) in [6, 6.07) is 13.5. The molecule has 0 radical (unpaired) electrons. The molecule has 36 heavy (non-hydrogen) atoms. The summed E-state index contributed by atoms with van der Waals surface area (Å²) >= 11 is 1.67. The Morgan fingerprint density at radius 3 is 1.50 bits per heavy atom. The first-order valence-electron chi connectivity index (χ1n) is 11.7. The highest BCUT2D eigenvalue weighted by Crippen LogP contribution is 2.36. The topological polar surface area (TPSA) is 52.7 Å². The number of thioether (sulfide) groups is 1. The molecule has 0 aromatic heterocycles. The molecule has 0 unspecified atom stereocenters. The van der Waals surface area contributed by atoms with Gasteiger partial charge >= 0.3 is 0 Å². The van der Waals surface area contributed by atoms with Crippen LogP contribution >= 0.6 is 11.8 Å². The van der Waals surface area contributed by atoms with Crippen LogP contribution in [0.3, 0.4) is 0 Å². The quantitative estimate of drug-likeness (QED) is 0.0835. The number of nitrogens with zero attached hydrogens (tertiary/aromatic N) is 5. The smallest absolute Gasteiger partial charge is 0.191 e. The van der Waals surface area contributed by atoms with Crippen LogP contribution in [0.15, 0.2) is 73.9 Å². The van der Waals surface area contributed by atoms with Gasteiger partial charge in [0.2, 0.25) is 0 Å². The lowest BCUT2D eigenvalue weighted by atomic mass is 10.2. The minimum Gasteiger partial charge on any atom is -0.372 e. The molecule has 0 aliphatic rings. The highest BCUT2D eigenvalue weighted by molar-refractivity contribution is 7.99. The summed E-state index contributed by atoms with van der Waals surface area (Å²) in [6.45, 7) is 7.74. The molecule has 3 aromatic carbocycles. The highest BCUT2D eigenvalue weighted by atomic mass is 32.2. The first-order valence-corrected chi connectivity index (χ1v) is 12.6. The van der Waals surface area contributed by atoms with Gasteiger partial charge in [-0.2, -0.15) is 10.2 Å². The minimum absolute atomic E-state index is 0.269. The Labute approximate surface area is 212 Å². The number of benzene rings is 3. The molecule has 3 rings (SSSR count). The Bertz CT molecular complexity index is 1180. The maximum absolute atomic E-state index is 14.5. The van der Waals surface area contributed by atoms with Gasteiger partial charge in [-0.15, -0.1) is 22.0 Å². The monoisotopic (exact) mass is 517 g/mol. The second-order valence-electron chi connectivity index (χ2n) is 7.74. The lowest BCUT2D eigenvalue weighted by molar-refractivity contribution is 0.459. The fraction of sp³-hybridized carbons (Fsp3) is 0.308. The van der Waals surface area contributed by atoms with E-state index in [1.807, 2.05) is 13.8 Å². The fourth-order valence-corrected chi connectivity index (χ4v) is 4.26. The third kappa shape index (κ3) is 6.69. The van der Waals surface area contributed by atoms with Crippen molar-refractivity contribution in [1.82, 2.24) is 0 Å². The van der Waals surface area contributed by atoms with Crippen molar-refractivity contribution in [3.05, 3.63) is 71.8 Å². The molecule has 190 valence electrons. The van der Waals surface area contributed by atoms with E-state index in [9.17, 15) is 17.6 Å². The highest BCUT2D eigenvalue weighted by Gasteiger charge is 2.26. The molecule has 0 fully saturated rings. The van der Waals surface area contributed by atoms with Crippen LogP contribution in [-0.2, 0) is 0 Å². The van der Waals surface area contributed by atoms with Crippen molar-refractivity contribution in [2.75, 3.05) is 23.7 Å². The molecule has 0 aliphatic carbocycles. The Morgan fingerprint density at radius 2 is 1.08 bits per heavy atom. The van der Waals surface area contributed by atoms with E-state index in [1.165, 1.54) is 0 Å². The predicted octanol–water partition coefficient (Wildman–Crippen LogP) is 9.81. The number of hydrogen-bond donors (Lipinski definition) is 0. The number of hydrogen-bond acceptors (Lipinski definition) is 6. The molecular weight excluding hydrogens is 490 g/mol. The van der Waals surface area contributed by atoms with Crippen molar-refractivity contribution in [2.45, 2.75) is 38.5 Å². The Morgan fingerprint density at radius 1 is 0.639 bits per heavy atom. The number of unbranched alkanes of at least 4 members (excludes halogenated alkanes) is 1. The fourth-order valence-electron chi connectivity index (χ4n) is 3.26. The van der Waals surface area contributed by atoms with Gasteiger partial charge in [-0.05, 0) is 74.6 Å². The van der Waals surface area contributed by atoms with Crippen LogP contribution in [0.2, 0.25) is 0 Å². The van der Waals surface area contributed by atoms with Crippen molar-refractivity contribution in [3.63, 3.8) is 0 Å². The van der Waals surface area contributed by atoms with E-state index in [2.05, 4.69) is 32.3 Å². The summed E-state index contributed by atoms with van der Waals surface area (Å²) in [4.78, 5) is 3.11. The van der Waals surface area contributed by atoms with E-state index in [-0.39, 0.29) is 11.4 Å². The molecule has 0 aliphatic heterocycles. The summed E-state index contributed by atoms with van der Waals surface area (Å²) < 4.78 is 58.2. The molecule has 0 saturated heterocycles. The first-order chi connectivity index (χ1) is 17.4. The van der Waals surface area contributed by atoms with Gasteiger partial charge in [-0.3, -0.25) is 0 Å². The van der Waals surface area contributed by atoms with Gasteiger partial charge in [-0.1, -0.05) is 13.3 Å². The van der Waals surface area contributed by atoms with Crippen LogP contribution in [0.4, 0.5) is 46.0 Å². The summed E-state index contributed by atoms with van der Waals surface area (Å²) in [5.74, 6) is -5.83. The standard InChI is InChI=1S/C26H27F4N5S/c1-4-7-16-36-20-14-10-18(11-15-20)32-34-26-23(29)21(27)25(22(28)24(26)30)33-31-17-8-12-19(13-9-17)35(5-2)6-3/h8-15H,4-7,16H2,1-3H3. The normalized spacial score (nSPS) is 11.6. The summed E-state index contributed by atoms with van der Waals surface area (Å²) in [7, 11) is 0. The molecule has 0 atom stereocenters. The number of rotatable bonds is 11. The maximum atomic E-state index is 14.5. The molecule has 0 spiro atoms. The molecule has 0 N–H and O–H groups in total. The average Bonchev–Trinajstić information content (AvgIpc) is 2.90. The molecule has 3 aromatic rings. The van der Waals surface area contributed by atoms with Gasteiger partial charge < -0.3 is 4.90 Å². The van der Waals surface area contributed by atoms with E-state index < -0.39 is 34.6 Å². The second kappa shape index (κ2) is 13.2. The van der Waals surface area contributed by atoms with Crippen LogP contribution in [0.25, 0.3) is 0 Å². The van der Waals surface area contributed by atoms with Crippen molar-refractivity contribution in [2.24, 2.45) is 20.5 Å². The lowest BCUT2D eigenvalue weighted by Gasteiger charge is -2.20. The van der Waals surface area contributed by atoms with Gasteiger partial charge in [0.05, 0.1) is 11.4 Å². The number of anilines is 1. The van der Waals surface area contributed by atoms with E-state index >= 15 is 0 Å². The second-order valence-corrected chi connectivity index (χ2v) is 8.91. The van der Waals surface area contributed by atoms with Gasteiger partial charge in [-0.25, -0.2) is 17.6 Å². The maximum Gasteiger partial charge on any atom is 0.191 e. The number of azo groups is 2. The van der Waals surface area contributed by atoms with Gasteiger partial charge in [0.1, 0.15) is 0 Å². The van der Waals surface area contributed by atoms with Gasteiger partial charge in [0.15, 0.2) is 34.6 Å². The van der Waals surface area contributed by atoms with E-state index in [0.717, 1.165) is 42.3 Å². The zero-order valence-corrected chi connectivity index (χ0v) is 21.1. The van der Waals surface area contributed by atoms with E-state index in [1.54, 1.807) is 60.3 Å². The van der Waals surface area contributed by atoms with Crippen LogP contribution in [-0.4, -0.2) is 18.8 Å². The zero-order valence-electron chi connectivity index (χ0n) is 20.3. The van der Waals surface area contributed by atoms with E-state index in [0.29, 0.717) is 0 Å². The van der Waals surface area contributed by atoms with Gasteiger partial charge in [0.25, 0.3) is 0 Å². The summed E-state index contributed by atoms with van der Waals surface area (Å²) in [6.07, 6.45) is 2.17. The molecule has 0 amide bonds. The molecule has 0 bridgehead atoms. The van der Waals surface area contributed by atoms with Crippen molar-refractivity contribution >= 4 is 40.2 Å². The van der Waals surface area contributed by atoms with Crippen molar-refractivity contribution in [3.8, 4) is 0 Å². The lowest BCUT2D eigenvalue weighted by Crippen LogP contribution is -2.21. The molecule has 5 nitrogen and oxygen atoms in total. The van der Waals surface area contributed by atoms with Crippen LogP contribution < -0.4 is 4.90 Å². The minimum atomic E-state index is -1.70. The average molecular weight is 518 g/mol. The third-order valence-electron chi connectivity index (χ3n) is 5.33. The zero-order chi connectivity index (χ0) is 26.1. The summed E-state index contributed by atoms with van der Waals surface area (Å²) in [5.41, 5.74) is -0.857. The Balaban J connectivity index is 1.80. The van der Waals surface area contributed by atoms with Crippen LogP contribution in [0, 0.1) is 23.3 Å². The van der Waals surface area contributed by atoms with E-state index in [4.69, 9.17) is 0 Å². The summed E-state index contributed by atoms with van der Waals surface area (Å²) in [5, 5.41) is 14.3. The predicted molar refractivity (Wildman–Crippen MR) is 137 cm³/mol. The SMILES string of the molecule is CCCCSc1ccc(N=Nc2c(F)c(F)c(N=Nc3ccc(N(CC)CC)cc3)c(F)c2F)cc1. The molecule has 0 heterocycles. The van der Waals surface area contributed by atoms with Crippen LogP contribution in [0.5, 0.6) is 0 Å². The first kappa shape index (κ1) is 27.3.